The van der Waals surface area contributed by atoms with Gasteiger partial charge in [0.25, 0.3) is 0 Å². The fraction of sp³-hybridized carbons (Fsp3) is 0.207. The second-order valence-corrected chi connectivity index (χ2v) is 8.61. The average Bonchev–Trinajstić information content (AvgIpc) is 3.63. The molecular formula is C29H23NS. The molecule has 2 heteroatoms. The molecule has 0 radical (unpaired) electrons. The standard InChI is InChI=1S/C29H23NS/c31-20-30-29-15-13-25(14-16-29)27-12-11-26-18-24(9-10-28(26)19-27)6-3-21-1-4-22(5-2-21)17-23-7-8-23/h1-2,4-5,9-10,13-16,18-19,23H,7-8,11-12,17H2. The second-order valence-electron chi connectivity index (χ2n) is 8.43. The molecule has 0 saturated heterocycles. The zero-order valence-electron chi connectivity index (χ0n) is 17.4. The first-order valence-electron chi connectivity index (χ1n) is 10.9. The number of hydrogen-bond donors (Lipinski definition) is 0. The predicted octanol–water partition coefficient (Wildman–Crippen LogP) is 7.26. The smallest absolute Gasteiger partial charge is 0.0739 e. The Morgan fingerprint density at radius 2 is 1.58 bits per heavy atom. The number of nitrogens with zero attached hydrogens (tertiary/aromatic N) is 1. The molecule has 0 unspecified atom stereocenters. The SMILES string of the molecule is S=C=Nc1ccc(C2=Cc3ccc(C#Cc4ccc(CC5CC5)cc4)cc3CC2)cc1. The van der Waals surface area contributed by atoms with E-state index in [4.69, 9.17) is 0 Å². The molecule has 2 aliphatic rings. The highest BCUT2D eigenvalue weighted by atomic mass is 32.1. The Hall–Kier alpha value is -3.24. The lowest BCUT2D eigenvalue weighted by atomic mass is 9.88. The lowest BCUT2D eigenvalue weighted by Gasteiger charge is -2.17. The second kappa shape index (κ2) is 8.86. The number of thiocarbonyl (C=S) groups is 1. The van der Waals surface area contributed by atoms with Gasteiger partial charge in [0.1, 0.15) is 0 Å². The first-order chi connectivity index (χ1) is 15.3. The molecule has 0 aliphatic heterocycles. The summed E-state index contributed by atoms with van der Waals surface area (Å²) in [5, 5.41) is 2.42. The number of hydrogen-bond acceptors (Lipinski definition) is 2. The van der Waals surface area contributed by atoms with Gasteiger partial charge < -0.3 is 0 Å². The van der Waals surface area contributed by atoms with Crippen LogP contribution in [0.4, 0.5) is 5.69 Å². The Morgan fingerprint density at radius 1 is 0.839 bits per heavy atom. The van der Waals surface area contributed by atoms with E-state index < -0.39 is 0 Å². The van der Waals surface area contributed by atoms with Crippen LogP contribution in [0.3, 0.4) is 0 Å². The maximum Gasteiger partial charge on any atom is 0.0739 e. The molecule has 0 spiro atoms. The minimum Gasteiger partial charge on any atom is -0.195 e. The van der Waals surface area contributed by atoms with Crippen molar-refractivity contribution in [2.75, 3.05) is 0 Å². The lowest BCUT2D eigenvalue weighted by Crippen LogP contribution is -1.99. The van der Waals surface area contributed by atoms with Crippen LogP contribution < -0.4 is 0 Å². The van der Waals surface area contributed by atoms with E-state index in [9.17, 15) is 0 Å². The van der Waals surface area contributed by atoms with Crippen molar-refractivity contribution in [3.05, 3.63) is 100 Å². The van der Waals surface area contributed by atoms with Crippen molar-refractivity contribution in [3.8, 4) is 11.8 Å². The monoisotopic (exact) mass is 417 g/mol. The minimum absolute atomic E-state index is 0.844. The molecule has 150 valence electrons. The molecule has 3 aromatic carbocycles. The Labute approximate surface area is 189 Å². The van der Waals surface area contributed by atoms with E-state index in [0.717, 1.165) is 35.6 Å². The molecule has 0 aromatic heterocycles. The van der Waals surface area contributed by atoms with Crippen molar-refractivity contribution in [1.29, 1.82) is 0 Å². The first-order valence-corrected chi connectivity index (χ1v) is 11.3. The van der Waals surface area contributed by atoms with Crippen LogP contribution in [0.1, 0.15) is 52.6 Å². The fourth-order valence-corrected chi connectivity index (χ4v) is 4.23. The van der Waals surface area contributed by atoms with Gasteiger partial charge in [0, 0.05) is 11.1 Å². The fourth-order valence-electron chi connectivity index (χ4n) is 4.12. The van der Waals surface area contributed by atoms with Gasteiger partial charge in [-0.15, -0.1) is 0 Å². The van der Waals surface area contributed by atoms with Crippen LogP contribution in [-0.2, 0) is 12.8 Å². The first kappa shape index (κ1) is 19.7. The average molecular weight is 418 g/mol. The van der Waals surface area contributed by atoms with E-state index in [0.29, 0.717) is 0 Å². The Balaban J connectivity index is 1.31. The van der Waals surface area contributed by atoms with Crippen molar-refractivity contribution in [2.24, 2.45) is 10.9 Å². The molecule has 0 atom stereocenters. The number of benzene rings is 3. The van der Waals surface area contributed by atoms with Crippen LogP contribution in [0.5, 0.6) is 0 Å². The van der Waals surface area contributed by atoms with Crippen molar-refractivity contribution in [2.45, 2.75) is 32.1 Å². The normalized spacial score (nSPS) is 14.5. The van der Waals surface area contributed by atoms with E-state index in [1.54, 1.807) is 0 Å². The Morgan fingerprint density at radius 3 is 2.32 bits per heavy atom. The summed E-state index contributed by atoms with van der Waals surface area (Å²) in [4.78, 5) is 4.03. The van der Waals surface area contributed by atoms with Gasteiger partial charge in [0.2, 0.25) is 0 Å². The van der Waals surface area contributed by atoms with Crippen molar-refractivity contribution in [3.63, 3.8) is 0 Å². The van der Waals surface area contributed by atoms with E-state index >= 15 is 0 Å². The molecule has 0 bridgehead atoms. The van der Waals surface area contributed by atoms with Crippen LogP contribution in [0, 0.1) is 17.8 Å². The van der Waals surface area contributed by atoms with Crippen LogP contribution in [0.2, 0.25) is 0 Å². The van der Waals surface area contributed by atoms with Gasteiger partial charge >= 0.3 is 0 Å². The maximum atomic E-state index is 4.68. The zero-order chi connectivity index (χ0) is 21.0. The van der Waals surface area contributed by atoms with E-state index in [1.807, 2.05) is 12.1 Å². The minimum atomic E-state index is 0.844. The molecule has 0 N–H and O–H groups in total. The summed E-state index contributed by atoms with van der Waals surface area (Å²) in [6, 6.07) is 23.5. The Bertz CT molecular complexity index is 1240. The number of rotatable bonds is 4. The molecule has 0 heterocycles. The molecule has 0 amide bonds. The van der Waals surface area contributed by atoms with Crippen LogP contribution in [0.15, 0.2) is 71.7 Å². The van der Waals surface area contributed by atoms with E-state index in [1.165, 1.54) is 47.1 Å². The van der Waals surface area contributed by atoms with Gasteiger partial charge in [-0.05, 0) is 114 Å². The van der Waals surface area contributed by atoms with Crippen LogP contribution in [0.25, 0.3) is 11.6 Å². The quantitative estimate of drug-likeness (QED) is 0.247. The number of isothiocyanates is 1. The molecule has 31 heavy (non-hydrogen) atoms. The summed E-state index contributed by atoms with van der Waals surface area (Å²) in [6.07, 6.45) is 8.37. The van der Waals surface area contributed by atoms with E-state index in [2.05, 4.69) is 94.9 Å². The number of fused-ring (bicyclic) bond motifs is 1. The number of aliphatic imine (C=N–C) groups is 1. The van der Waals surface area contributed by atoms with Gasteiger partial charge in [-0.1, -0.05) is 48.2 Å². The summed E-state index contributed by atoms with van der Waals surface area (Å²) in [7, 11) is 0. The summed E-state index contributed by atoms with van der Waals surface area (Å²) < 4.78 is 0. The summed E-state index contributed by atoms with van der Waals surface area (Å²) in [5.41, 5.74) is 9.70. The van der Waals surface area contributed by atoms with Gasteiger partial charge in [0.05, 0.1) is 10.8 Å². The molecular weight excluding hydrogens is 394 g/mol. The topological polar surface area (TPSA) is 12.4 Å². The number of allylic oxidation sites excluding steroid dienone is 1. The van der Waals surface area contributed by atoms with Crippen molar-refractivity contribution < 1.29 is 0 Å². The highest BCUT2D eigenvalue weighted by Gasteiger charge is 2.21. The van der Waals surface area contributed by atoms with Gasteiger partial charge in [-0.25, -0.2) is 0 Å². The molecule has 1 nitrogen and oxygen atoms in total. The predicted molar refractivity (Wildman–Crippen MR) is 133 cm³/mol. The lowest BCUT2D eigenvalue weighted by molar-refractivity contribution is 0.832. The summed E-state index contributed by atoms with van der Waals surface area (Å²) in [5.74, 6) is 7.60. The molecule has 2 aliphatic carbocycles. The third kappa shape index (κ3) is 4.92. The number of aryl methyl sites for hydroxylation is 1. The zero-order valence-corrected chi connectivity index (χ0v) is 18.2. The highest BCUT2D eigenvalue weighted by molar-refractivity contribution is 7.78. The maximum absolute atomic E-state index is 4.68. The largest absolute Gasteiger partial charge is 0.195 e. The molecule has 3 aromatic rings. The third-order valence-corrected chi connectivity index (χ3v) is 6.17. The summed E-state index contributed by atoms with van der Waals surface area (Å²) in [6.45, 7) is 0. The molecule has 1 fully saturated rings. The van der Waals surface area contributed by atoms with E-state index in [-0.39, 0.29) is 0 Å². The van der Waals surface area contributed by atoms with Gasteiger partial charge in [-0.3, -0.25) is 0 Å². The van der Waals surface area contributed by atoms with Crippen LogP contribution in [-0.4, -0.2) is 5.16 Å². The van der Waals surface area contributed by atoms with Gasteiger partial charge in [0.15, 0.2) is 0 Å². The third-order valence-electron chi connectivity index (χ3n) is 6.08. The van der Waals surface area contributed by atoms with Crippen molar-refractivity contribution in [1.82, 2.24) is 0 Å². The van der Waals surface area contributed by atoms with Crippen LogP contribution >= 0.6 is 12.2 Å². The molecule has 1 saturated carbocycles. The Kier molecular flexibility index (Phi) is 5.63. The highest BCUT2D eigenvalue weighted by Crippen LogP contribution is 2.33. The summed E-state index contributed by atoms with van der Waals surface area (Å²) >= 11 is 4.68. The molecule has 5 rings (SSSR count). The van der Waals surface area contributed by atoms with Gasteiger partial charge in [-0.2, -0.15) is 4.99 Å². The van der Waals surface area contributed by atoms with Crippen molar-refractivity contribution >= 4 is 34.7 Å².